The Hall–Kier alpha value is -1.94. The molecule has 0 aromatic rings. The average Bonchev–Trinajstić information content (AvgIpc) is 2.36. The minimum atomic E-state index is -1.14. The third-order valence-corrected chi connectivity index (χ3v) is 3.01. The van der Waals surface area contributed by atoms with Crippen molar-refractivity contribution in [2.75, 3.05) is 0 Å². The summed E-state index contributed by atoms with van der Waals surface area (Å²) < 4.78 is 10.3. The first-order valence-electron chi connectivity index (χ1n) is 7.39. The Balaban J connectivity index is 4.91. The van der Waals surface area contributed by atoms with E-state index >= 15 is 0 Å². The maximum Gasteiger partial charge on any atom is 0.419 e. The van der Waals surface area contributed by atoms with Crippen molar-refractivity contribution >= 4 is 11.9 Å². The van der Waals surface area contributed by atoms with Crippen LogP contribution in [0.4, 0.5) is 0 Å². The van der Waals surface area contributed by atoms with Crippen LogP contribution in [0.15, 0.2) is 0 Å². The Kier molecular flexibility index (Phi) is 7.20. The Bertz CT molecular complexity index is 446. The second-order valence-corrected chi connectivity index (χ2v) is 6.73. The van der Waals surface area contributed by atoms with Crippen molar-refractivity contribution in [3.05, 3.63) is 0 Å². The fraction of sp³-hybridized carbons (Fsp3) is 0.667. The lowest BCUT2D eigenvalue weighted by Crippen LogP contribution is -2.39. The van der Waals surface area contributed by atoms with Crippen LogP contribution in [0.2, 0.25) is 0 Å². The summed E-state index contributed by atoms with van der Waals surface area (Å²) >= 11 is 0. The predicted molar refractivity (Wildman–Crippen MR) is 85.6 cm³/mol. The number of hydrogen-bond acceptors (Lipinski definition) is 4. The van der Waals surface area contributed by atoms with E-state index in [9.17, 15) is 9.59 Å². The number of carbonyl (C=O) groups is 2. The molecule has 2 atom stereocenters. The second kappa shape index (κ2) is 7.90. The molecule has 0 saturated carbocycles. The summed E-state index contributed by atoms with van der Waals surface area (Å²) in [6, 6.07) is 0. The lowest BCUT2D eigenvalue weighted by molar-refractivity contribution is -0.180. The zero-order valence-corrected chi connectivity index (χ0v) is 14.4. The van der Waals surface area contributed by atoms with Crippen LogP contribution in [0, 0.1) is 36.5 Å². The molecule has 2 unspecified atom stereocenters. The van der Waals surface area contributed by atoms with Gasteiger partial charge in [-0.15, -0.1) is 12.8 Å². The van der Waals surface area contributed by atoms with Gasteiger partial charge in [-0.3, -0.25) is 0 Å². The quantitative estimate of drug-likeness (QED) is 0.430. The molecule has 0 fully saturated rings. The first-order chi connectivity index (χ1) is 9.97. The third-order valence-electron chi connectivity index (χ3n) is 3.01. The van der Waals surface area contributed by atoms with Crippen molar-refractivity contribution in [1.82, 2.24) is 0 Å². The SMILES string of the molecule is C#CC(C)(CC(C)C)OC(=O)C(=O)OC(C)(C#C)CC(C)C. The normalized spacial score (nSPS) is 16.1. The van der Waals surface area contributed by atoms with Crippen LogP contribution < -0.4 is 0 Å². The van der Waals surface area contributed by atoms with Gasteiger partial charge in [0.15, 0.2) is 11.2 Å². The topological polar surface area (TPSA) is 52.6 Å². The highest BCUT2D eigenvalue weighted by molar-refractivity contribution is 6.30. The van der Waals surface area contributed by atoms with Gasteiger partial charge in [0.2, 0.25) is 0 Å². The largest absolute Gasteiger partial charge is 0.438 e. The average molecular weight is 306 g/mol. The second-order valence-electron chi connectivity index (χ2n) is 6.73. The molecule has 0 bridgehead atoms. The molecule has 4 heteroatoms. The lowest BCUT2D eigenvalue weighted by Gasteiger charge is -2.28. The van der Waals surface area contributed by atoms with Gasteiger partial charge in [-0.2, -0.15) is 0 Å². The number of carbonyl (C=O) groups excluding carboxylic acids is 2. The van der Waals surface area contributed by atoms with Crippen LogP contribution >= 0.6 is 0 Å². The van der Waals surface area contributed by atoms with Crippen LogP contribution in [0.1, 0.15) is 54.4 Å². The van der Waals surface area contributed by atoms with Crippen LogP contribution in [-0.2, 0) is 19.1 Å². The predicted octanol–water partition coefficient (Wildman–Crippen LogP) is 2.95. The molecule has 0 radical (unpaired) electrons. The van der Waals surface area contributed by atoms with E-state index in [1.165, 1.54) is 0 Å². The first-order valence-corrected chi connectivity index (χ1v) is 7.39. The highest BCUT2D eigenvalue weighted by Crippen LogP contribution is 2.23. The Labute approximate surface area is 133 Å². The summed E-state index contributed by atoms with van der Waals surface area (Å²) in [5, 5.41) is 0. The van der Waals surface area contributed by atoms with Gasteiger partial charge in [-0.25, -0.2) is 9.59 Å². The van der Waals surface area contributed by atoms with Crippen molar-refractivity contribution in [3.8, 4) is 24.7 Å². The Morgan fingerprint density at radius 2 is 1.14 bits per heavy atom. The van der Waals surface area contributed by atoms with E-state index < -0.39 is 23.1 Å². The maximum atomic E-state index is 11.9. The minimum absolute atomic E-state index is 0.210. The lowest BCUT2D eigenvalue weighted by atomic mass is 9.94. The Morgan fingerprint density at radius 1 is 0.864 bits per heavy atom. The smallest absolute Gasteiger partial charge is 0.419 e. The third kappa shape index (κ3) is 6.68. The van der Waals surface area contributed by atoms with Crippen LogP contribution in [0.3, 0.4) is 0 Å². The van der Waals surface area contributed by atoms with Crippen molar-refractivity contribution in [2.45, 2.75) is 65.6 Å². The van der Waals surface area contributed by atoms with Gasteiger partial charge in [0.05, 0.1) is 0 Å². The molecule has 0 spiro atoms. The van der Waals surface area contributed by atoms with E-state index in [0.29, 0.717) is 12.8 Å². The molecular formula is C18H26O4. The summed E-state index contributed by atoms with van der Waals surface area (Å²) in [7, 11) is 0. The van der Waals surface area contributed by atoms with Crippen molar-refractivity contribution in [1.29, 1.82) is 0 Å². The van der Waals surface area contributed by atoms with Crippen molar-refractivity contribution in [2.24, 2.45) is 11.8 Å². The molecule has 0 aliphatic carbocycles. The van der Waals surface area contributed by atoms with Gasteiger partial charge in [-0.1, -0.05) is 39.5 Å². The maximum absolute atomic E-state index is 11.9. The zero-order chi connectivity index (χ0) is 17.6. The molecule has 0 aromatic heterocycles. The van der Waals surface area contributed by atoms with Gasteiger partial charge in [-0.05, 0) is 25.7 Å². The number of esters is 2. The summed E-state index contributed by atoms with van der Waals surface area (Å²) in [4.78, 5) is 23.8. The van der Waals surface area contributed by atoms with Gasteiger partial charge in [0.1, 0.15) is 0 Å². The highest BCUT2D eigenvalue weighted by Gasteiger charge is 2.35. The summed E-state index contributed by atoms with van der Waals surface area (Å²) in [6.07, 6.45) is 11.7. The van der Waals surface area contributed by atoms with E-state index in [0.717, 1.165) is 0 Å². The molecule has 0 N–H and O–H groups in total. The van der Waals surface area contributed by atoms with Crippen LogP contribution in [0.25, 0.3) is 0 Å². The molecule has 122 valence electrons. The zero-order valence-electron chi connectivity index (χ0n) is 14.4. The molecule has 0 aliphatic rings. The molecule has 0 amide bonds. The molecule has 0 aromatic carbocycles. The summed E-state index contributed by atoms with van der Waals surface area (Å²) in [6.45, 7) is 11.0. The van der Waals surface area contributed by atoms with Crippen LogP contribution in [-0.4, -0.2) is 23.1 Å². The molecule has 0 aliphatic heterocycles. The number of hydrogen-bond donors (Lipinski definition) is 0. The van der Waals surface area contributed by atoms with E-state index in [-0.39, 0.29) is 11.8 Å². The van der Waals surface area contributed by atoms with Gasteiger partial charge >= 0.3 is 11.9 Å². The molecule has 0 saturated heterocycles. The molecular weight excluding hydrogens is 280 g/mol. The van der Waals surface area contributed by atoms with E-state index in [4.69, 9.17) is 22.3 Å². The summed E-state index contributed by atoms with van der Waals surface area (Å²) in [5.74, 6) is 3.01. The standard InChI is InChI=1S/C18H26O4/c1-9-17(7,11-13(3)4)21-15(19)16(20)22-18(8,10-2)12-14(5)6/h1-2,13-14H,11-12H2,3-8H3. The monoisotopic (exact) mass is 306 g/mol. The Morgan fingerprint density at radius 3 is 1.32 bits per heavy atom. The first kappa shape index (κ1) is 20.1. The van der Waals surface area contributed by atoms with Crippen molar-refractivity contribution in [3.63, 3.8) is 0 Å². The van der Waals surface area contributed by atoms with Gasteiger partial charge in [0.25, 0.3) is 0 Å². The molecule has 0 heterocycles. The molecule has 22 heavy (non-hydrogen) atoms. The van der Waals surface area contributed by atoms with Crippen LogP contribution in [0.5, 0.6) is 0 Å². The fourth-order valence-electron chi connectivity index (χ4n) is 2.31. The van der Waals surface area contributed by atoms with E-state index in [1.54, 1.807) is 13.8 Å². The highest BCUT2D eigenvalue weighted by atomic mass is 16.6. The van der Waals surface area contributed by atoms with E-state index in [1.807, 2.05) is 27.7 Å². The van der Waals surface area contributed by atoms with E-state index in [2.05, 4.69) is 11.8 Å². The van der Waals surface area contributed by atoms with Gasteiger partial charge < -0.3 is 9.47 Å². The fourth-order valence-corrected chi connectivity index (χ4v) is 2.31. The molecule has 4 nitrogen and oxygen atoms in total. The number of rotatable bonds is 6. The summed E-state index contributed by atoms with van der Waals surface area (Å²) in [5.41, 5.74) is -2.29. The van der Waals surface area contributed by atoms with Gasteiger partial charge in [0, 0.05) is 12.8 Å². The minimum Gasteiger partial charge on any atom is -0.438 e. The molecule has 0 rings (SSSR count). The number of terminal acetylenes is 2. The van der Waals surface area contributed by atoms with Crippen molar-refractivity contribution < 1.29 is 19.1 Å². The number of ether oxygens (including phenoxy) is 2.